The molecule has 0 saturated carbocycles. The lowest BCUT2D eigenvalue weighted by Gasteiger charge is -2.07. The van der Waals surface area contributed by atoms with Crippen LogP contribution in [0.1, 0.15) is 22.8 Å². The summed E-state index contributed by atoms with van der Waals surface area (Å²) in [4.78, 5) is 14.8. The number of H-pyrrole nitrogens is 1. The topological polar surface area (TPSA) is 42.1 Å². The molecule has 0 bridgehead atoms. The second kappa shape index (κ2) is 5.64. The van der Waals surface area contributed by atoms with Gasteiger partial charge < -0.3 is 9.72 Å². The minimum absolute atomic E-state index is 0.374. The largest absolute Gasteiger partial charge is 0.496 e. The highest BCUT2D eigenvalue weighted by Crippen LogP contribution is 2.35. The third kappa shape index (κ3) is 2.26. The van der Waals surface area contributed by atoms with Crippen molar-refractivity contribution in [2.45, 2.75) is 13.3 Å². The Kier molecular flexibility index (Phi) is 3.67. The zero-order valence-corrected chi connectivity index (χ0v) is 12.4. The summed E-state index contributed by atoms with van der Waals surface area (Å²) in [6.45, 7) is 2.06. The Bertz CT molecular complexity index is 852. The van der Waals surface area contributed by atoms with Gasteiger partial charge in [0.25, 0.3) is 0 Å². The van der Waals surface area contributed by atoms with Crippen LogP contribution in [0.2, 0.25) is 0 Å². The molecule has 3 nitrogen and oxygen atoms in total. The molecule has 3 rings (SSSR count). The maximum Gasteiger partial charge on any atom is 0.152 e. The Labute approximate surface area is 127 Å². The van der Waals surface area contributed by atoms with E-state index in [2.05, 4.69) is 11.9 Å². The molecule has 0 amide bonds. The lowest BCUT2D eigenvalue weighted by Crippen LogP contribution is -1.92. The van der Waals surface area contributed by atoms with Gasteiger partial charge in [0.2, 0.25) is 0 Å². The molecule has 1 aromatic heterocycles. The van der Waals surface area contributed by atoms with Crippen molar-refractivity contribution in [1.29, 1.82) is 0 Å². The van der Waals surface area contributed by atoms with Gasteiger partial charge in [-0.3, -0.25) is 4.79 Å². The number of ether oxygens (including phenoxy) is 1. The smallest absolute Gasteiger partial charge is 0.152 e. The number of hydrogen-bond acceptors (Lipinski definition) is 2. The molecule has 112 valence electrons. The van der Waals surface area contributed by atoms with Crippen LogP contribution in [0.25, 0.3) is 22.2 Å². The Balaban J connectivity index is 2.31. The molecule has 1 heterocycles. The normalized spacial score (nSPS) is 10.9. The molecule has 22 heavy (non-hydrogen) atoms. The third-order valence-corrected chi connectivity index (χ3v) is 3.86. The van der Waals surface area contributed by atoms with Crippen molar-refractivity contribution >= 4 is 17.2 Å². The zero-order valence-electron chi connectivity index (χ0n) is 12.4. The molecular weight excluding hydrogens is 281 g/mol. The number of aryl methyl sites for hydroxylation is 1. The van der Waals surface area contributed by atoms with E-state index < -0.39 is 0 Å². The minimum atomic E-state index is -0.374. The number of benzene rings is 2. The van der Waals surface area contributed by atoms with Crippen LogP contribution in [0.5, 0.6) is 5.75 Å². The maximum atomic E-state index is 13.6. The molecule has 0 aliphatic heterocycles. The Morgan fingerprint density at radius 1 is 1.23 bits per heavy atom. The number of halogens is 1. The summed E-state index contributed by atoms with van der Waals surface area (Å²) in [5.41, 5.74) is 3.63. The molecule has 0 spiro atoms. The molecule has 1 N–H and O–H groups in total. The fraction of sp³-hybridized carbons (Fsp3) is 0.167. The van der Waals surface area contributed by atoms with Gasteiger partial charge in [-0.1, -0.05) is 13.0 Å². The summed E-state index contributed by atoms with van der Waals surface area (Å²) in [7, 11) is 1.52. The van der Waals surface area contributed by atoms with Crippen molar-refractivity contribution in [3.05, 3.63) is 53.3 Å². The van der Waals surface area contributed by atoms with Crippen LogP contribution < -0.4 is 4.74 Å². The highest BCUT2D eigenvalue weighted by Gasteiger charge is 2.17. The molecule has 0 atom stereocenters. The van der Waals surface area contributed by atoms with E-state index in [4.69, 9.17) is 4.74 Å². The molecule has 0 unspecified atom stereocenters. The molecule has 0 aliphatic carbocycles. The van der Waals surface area contributed by atoms with Gasteiger partial charge in [-0.15, -0.1) is 0 Å². The van der Waals surface area contributed by atoms with Crippen molar-refractivity contribution in [2.24, 2.45) is 0 Å². The number of carbonyl (C=O) groups is 1. The van der Waals surface area contributed by atoms with Gasteiger partial charge in [0.05, 0.1) is 12.8 Å². The number of rotatable bonds is 4. The Morgan fingerprint density at radius 2 is 2.05 bits per heavy atom. The monoisotopic (exact) mass is 297 g/mol. The number of nitrogens with one attached hydrogen (secondary N) is 1. The lowest BCUT2D eigenvalue weighted by atomic mass is 10.0. The van der Waals surface area contributed by atoms with Crippen LogP contribution in [-0.2, 0) is 6.42 Å². The molecule has 0 aliphatic rings. The molecule has 0 saturated heterocycles. The quantitative estimate of drug-likeness (QED) is 0.727. The molecule has 3 aromatic rings. The highest BCUT2D eigenvalue weighted by molar-refractivity contribution is 6.05. The van der Waals surface area contributed by atoms with E-state index in [1.165, 1.54) is 19.2 Å². The predicted octanol–water partition coefficient (Wildman–Crippen LogP) is 4.36. The number of fused-ring (bicyclic) bond motifs is 1. The summed E-state index contributed by atoms with van der Waals surface area (Å²) in [5.74, 6) is 0.146. The van der Waals surface area contributed by atoms with Gasteiger partial charge in [0.1, 0.15) is 11.6 Å². The van der Waals surface area contributed by atoms with Gasteiger partial charge in [0, 0.05) is 22.0 Å². The number of methoxy groups -OCH3 is 1. The number of aromatic amines is 1. The first-order chi connectivity index (χ1) is 10.7. The molecule has 0 radical (unpaired) electrons. The van der Waals surface area contributed by atoms with Crippen molar-refractivity contribution in [3.8, 4) is 17.0 Å². The molecule has 0 fully saturated rings. The van der Waals surface area contributed by atoms with Crippen molar-refractivity contribution < 1.29 is 13.9 Å². The number of aromatic nitrogens is 1. The standard InChI is InChI=1S/C18H16FNO2/c1-3-11-4-6-16-13(8-11)15(10-21)18(20-16)14-9-12(19)5-7-17(14)22-2/h4-10,20H,3H2,1-2H3. The fourth-order valence-corrected chi connectivity index (χ4v) is 2.69. The summed E-state index contributed by atoms with van der Waals surface area (Å²) in [6.07, 6.45) is 1.69. The third-order valence-electron chi connectivity index (χ3n) is 3.86. The first-order valence-corrected chi connectivity index (χ1v) is 7.11. The average molecular weight is 297 g/mol. The summed E-state index contributed by atoms with van der Waals surface area (Å²) >= 11 is 0. The molecular formula is C18H16FNO2. The summed E-state index contributed by atoms with van der Waals surface area (Å²) in [5, 5.41) is 0.843. The van der Waals surface area contributed by atoms with E-state index in [-0.39, 0.29) is 5.82 Å². The number of hydrogen-bond donors (Lipinski definition) is 1. The van der Waals surface area contributed by atoms with E-state index >= 15 is 0 Å². The van der Waals surface area contributed by atoms with Gasteiger partial charge >= 0.3 is 0 Å². The van der Waals surface area contributed by atoms with Gasteiger partial charge in [0.15, 0.2) is 6.29 Å². The molecule has 2 aromatic carbocycles. The Morgan fingerprint density at radius 3 is 2.73 bits per heavy atom. The maximum absolute atomic E-state index is 13.6. The van der Waals surface area contributed by atoms with Crippen molar-refractivity contribution in [3.63, 3.8) is 0 Å². The van der Waals surface area contributed by atoms with Crippen LogP contribution >= 0.6 is 0 Å². The van der Waals surface area contributed by atoms with Crippen LogP contribution in [0.4, 0.5) is 4.39 Å². The van der Waals surface area contributed by atoms with E-state index in [0.717, 1.165) is 29.2 Å². The van der Waals surface area contributed by atoms with E-state index in [0.29, 0.717) is 22.6 Å². The van der Waals surface area contributed by atoms with Crippen LogP contribution in [-0.4, -0.2) is 18.4 Å². The minimum Gasteiger partial charge on any atom is -0.496 e. The first-order valence-electron chi connectivity index (χ1n) is 7.11. The Hall–Kier alpha value is -2.62. The molecule has 4 heteroatoms. The predicted molar refractivity (Wildman–Crippen MR) is 85.0 cm³/mol. The van der Waals surface area contributed by atoms with E-state index in [1.807, 2.05) is 18.2 Å². The van der Waals surface area contributed by atoms with Crippen LogP contribution in [0.3, 0.4) is 0 Å². The zero-order chi connectivity index (χ0) is 15.7. The second-order valence-corrected chi connectivity index (χ2v) is 5.11. The summed E-state index contributed by atoms with van der Waals surface area (Å²) < 4.78 is 18.9. The van der Waals surface area contributed by atoms with Crippen molar-refractivity contribution in [1.82, 2.24) is 4.98 Å². The van der Waals surface area contributed by atoms with E-state index in [1.54, 1.807) is 6.07 Å². The van der Waals surface area contributed by atoms with Gasteiger partial charge in [-0.25, -0.2) is 4.39 Å². The highest BCUT2D eigenvalue weighted by atomic mass is 19.1. The van der Waals surface area contributed by atoms with E-state index in [9.17, 15) is 9.18 Å². The first kappa shape index (κ1) is 14.3. The van der Waals surface area contributed by atoms with Gasteiger partial charge in [-0.05, 0) is 42.3 Å². The van der Waals surface area contributed by atoms with Gasteiger partial charge in [-0.2, -0.15) is 0 Å². The SMILES string of the molecule is CCc1ccc2[nH]c(-c3cc(F)ccc3OC)c(C=O)c2c1. The van der Waals surface area contributed by atoms with Crippen molar-refractivity contribution in [2.75, 3.05) is 7.11 Å². The second-order valence-electron chi connectivity index (χ2n) is 5.11. The number of aldehydes is 1. The lowest BCUT2D eigenvalue weighted by molar-refractivity contribution is 0.112. The fourth-order valence-electron chi connectivity index (χ4n) is 2.69. The van der Waals surface area contributed by atoms with Crippen LogP contribution in [0.15, 0.2) is 36.4 Å². The average Bonchev–Trinajstić information content (AvgIpc) is 2.92. The summed E-state index contributed by atoms with van der Waals surface area (Å²) in [6, 6.07) is 10.2. The van der Waals surface area contributed by atoms with Crippen LogP contribution in [0, 0.1) is 5.82 Å². The number of carbonyl (C=O) groups excluding carboxylic acids is 1.